The molecule has 4 rings (SSSR count). The van der Waals surface area contributed by atoms with Gasteiger partial charge in [0.1, 0.15) is 5.52 Å². The molecular formula is C26H36N4O3. The van der Waals surface area contributed by atoms with Gasteiger partial charge in [0.15, 0.2) is 0 Å². The van der Waals surface area contributed by atoms with Gasteiger partial charge in [0.05, 0.1) is 12.2 Å². The van der Waals surface area contributed by atoms with Gasteiger partial charge < -0.3 is 24.1 Å². The summed E-state index contributed by atoms with van der Waals surface area (Å²) in [6.45, 7) is 5.86. The number of methoxy groups -OCH3 is 1. The maximum absolute atomic E-state index is 13.3. The second-order valence-corrected chi connectivity index (χ2v) is 9.04. The largest absolute Gasteiger partial charge is 0.383 e. The fourth-order valence-corrected chi connectivity index (χ4v) is 5.26. The molecule has 0 saturated carbocycles. The summed E-state index contributed by atoms with van der Waals surface area (Å²) in [6.07, 6.45) is 7.68. The topological polar surface area (TPSA) is 68.5 Å². The Morgan fingerprint density at radius 1 is 1.21 bits per heavy atom. The summed E-state index contributed by atoms with van der Waals surface area (Å²) in [7, 11) is 3.50. The SMILES string of the molecule is CC[C@@H]1CCCCN1CCCNC(=O)c1cn(CCOC)c(=O)c2c1c1ccccc1n2C. The first-order valence-electron chi connectivity index (χ1n) is 12.2. The van der Waals surface area contributed by atoms with Gasteiger partial charge in [-0.05, 0) is 38.3 Å². The highest BCUT2D eigenvalue weighted by Crippen LogP contribution is 2.29. The molecule has 3 heterocycles. The average molecular weight is 453 g/mol. The van der Waals surface area contributed by atoms with E-state index in [0.29, 0.717) is 36.8 Å². The Bertz CT molecular complexity index is 1180. The van der Waals surface area contributed by atoms with E-state index in [2.05, 4.69) is 17.1 Å². The highest BCUT2D eigenvalue weighted by atomic mass is 16.5. The lowest BCUT2D eigenvalue weighted by Gasteiger charge is -2.35. The van der Waals surface area contributed by atoms with Crippen LogP contribution in [0.15, 0.2) is 35.3 Å². The van der Waals surface area contributed by atoms with E-state index in [4.69, 9.17) is 4.74 Å². The summed E-state index contributed by atoms with van der Waals surface area (Å²) in [4.78, 5) is 29.2. The number of benzene rings is 1. The van der Waals surface area contributed by atoms with Crippen LogP contribution in [0.1, 0.15) is 49.4 Å². The van der Waals surface area contributed by atoms with Crippen LogP contribution in [0.25, 0.3) is 21.8 Å². The first-order valence-corrected chi connectivity index (χ1v) is 12.2. The summed E-state index contributed by atoms with van der Waals surface area (Å²) in [5, 5.41) is 4.77. The summed E-state index contributed by atoms with van der Waals surface area (Å²) in [5.41, 5.74) is 1.94. The van der Waals surface area contributed by atoms with E-state index in [1.807, 2.05) is 35.9 Å². The molecule has 7 heteroatoms. The third kappa shape index (κ3) is 4.70. The molecule has 33 heavy (non-hydrogen) atoms. The number of hydrogen-bond acceptors (Lipinski definition) is 4. The number of nitrogens with zero attached hydrogens (tertiary/aromatic N) is 3. The van der Waals surface area contributed by atoms with Gasteiger partial charge in [-0.25, -0.2) is 0 Å². The van der Waals surface area contributed by atoms with E-state index in [1.165, 1.54) is 25.7 Å². The van der Waals surface area contributed by atoms with Crippen LogP contribution in [0.3, 0.4) is 0 Å². The molecule has 7 nitrogen and oxygen atoms in total. The monoisotopic (exact) mass is 452 g/mol. The van der Waals surface area contributed by atoms with Crippen LogP contribution in [0, 0.1) is 0 Å². The van der Waals surface area contributed by atoms with Crippen molar-refractivity contribution in [2.45, 2.75) is 51.6 Å². The minimum Gasteiger partial charge on any atom is -0.383 e. The average Bonchev–Trinajstić information content (AvgIpc) is 3.14. The number of aryl methyl sites for hydroxylation is 1. The number of para-hydroxylation sites is 1. The Kier molecular flexibility index (Phi) is 7.50. The van der Waals surface area contributed by atoms with Crippen molar-refractivity contribution in [1.82, 2.24) is 19.4 Å². The lowest BCUT2D eigenvalue weighted by molar-refractivity contribution is 0.0948. The molecule has 178 valence electrons. The summed E-state index contributed by atoms with van der Waals surface area (Å²) in [6, 6.07) is 8.54. The molecule has 1 aromatic carbocycles. The smallest absolute Gasteiger partial charge is 0.275 e. The van der Waals surface area contributed by atoms with Crippen LogP contribution in [-0.2, 0) is 18.3 Å². The van der Waals surface area contributed by atoms with Crippen LogP contribution in [0.4, 0.5) is 0 Å². The minimum absolute atomic E-state index is 0.104. The normalized spacial score (nSPS) is 17.1. The van der Waals surface area contributed by atoms with Crippen molar-refractivity contribution in [2.75, 3.05) is 33.4 Å². The zero-order chi connectivity index (χ0) is 23.4. The molecule has 1 saturated heterocycles. The van der Waals surface area contributed by atoms with Crippen LogP contribution in [-0.4, -0.2) is 59.3 Å². The van der Waals surface area contributed by atoms with E-state index in [0.717, 1.165) is 35.8 Å². The molecule has 1 aliphatic heterocycles. The number of nitrogens with one attached hydrogen (secondary N) is 1. The van der Waals surface area contributed by atoms with Crippen molar-refractivity contribution in [3.63, 3.8) is 0 Å². The second kappa shape index (κ2) is 10.5. The number of ether oxygens (including phenoxy) is 1. The molecule has 3 aromatic rings. The van der Waals surface area contributed by atoms with Crippen LogP contribution in [0.5, 0.6) is 0 Å². The van der Waals surface area contributed by atoms with E-state index < -0.39 is 0 Å². The molecule has 0 unspecified atom stereocenters. The van der Waals surface area contributed by atoms with Gasteiger partial charge in [-0.1, -0.05) is 31.5 Å². The Balaban J connectivity index is 1.59. The zero-order valence-corrected chi connectivity index (χ0v) is 20.1. The number of likely N-dealkylation sites (tertiary alicyclic amines) is 1. The van der Waals surface area contributed by atoms with Gasteiger partial charge in [0, 0.05) is 62.3 Å². The maximum Gasteiger partial charge on any atom is 0.275 e. The second-order valence-electron chi connectivity index (χ2n) is 9.04. The van der Waals surface area contributed by atoms with Crippen molar-refractivity contribution in [3.8, 4) is 0 Å². The maximum atomic E-state index is 13.3. The molecule has 2 aromatic heterocycles. The predicted octanol–water partition coefficient (Wildman–Crippen LogP) is 3.52. The fraction of sp³-hybridized carbons (Fsp3) is 0.538. The van der Waals surface area contributed by atoms with Crippen molar-refractivity contribution >= 4 is 27.7 Å². The standard InChI is InChI=1S/C26H36N4O3/c1-4-19-10-7-8-14-29(19)15-9-13-27-25(31)21-18-30(16-17-33-3)26(32)24-23(21)20-11-5-6-12-22(20)28(24)2/h5-6,11-12,18-19H,4,7-10,13-17H2,1-3H3,(H,27,31)/t19-/m1/s1. The van der Waals surface area contributed by atoms with Crippen molar-refractivity contribution < 1.29 is 9.53 Å². The lowest BCUT2D eigenvalue weighted by atomic mass is 10.00. The molecule has 0 spiro atoms. The minimum atomic E-state index is -0.131. The zero-order valence-electron chi connectivity index (χ0n) is 20.1. The summed E-state index contributed by atoms with van der Waals surface area (Å²) in [5.74, 6) is -0.131. The van der Waals surface area contributed by atoms with Gasteiger partial charge in [0.2, 0.25) is 0 Å². The number of fused-ring (bicyclic) bond motifs is 3. The van der Waals surface area contributed by atoms with Crippen LogP contribution < -0.4 is 10.9 Å². The number of rotatable bonds is 9. The molecule has 0 aliphatic carbocycles. The molecule has 1 N–H and O–H groups in total. The molecule has 1 atom stereocenters. The quantitative estimate of drug-likeness (QED) is 0.505. The van der Waals surface area contributed by atoms with E-state index in [9.17, 15) is 9.59 Å². The van der Waals surface area contributed by atoms with E-state index in [1.54, 1.807) is 17.9 Å². The van der Waals surface area contributed by atoms with Gasteiger partial charge in [0.25, 0.3) is 11.5 Å². The number of hydrogen-bond donors (Lipinski definition) is 1. The number of piperidine rings is 1. The molecule has 0 radical (unpaired) electrons. The fourth-order valence-electron chi connectivity index (χ4n) is 5.26. The molecule has 0 bridgehead atoms. The molecular weight excluding hydrogens is 416 g/mol. The number of carbonyl (C=O) groups excluding carboxylic acids is 1. The first kappa shape index (κ1) is 23.5. The lowest BCUT2D eigenvalue weighted by Crippen LogP contribution is -2.40. The third-order valence-corrected chi connectivity index (χ3v) is 7.03. The Morgan fingerprint density at radius 3 is 2.82 bits per heavy atom. The van der Waals surface area contributed by atoms with Gasteiger partial charge >= 0.3 is 0 Å². The Morgan fingerprint density at radius 2 is 2.03 bits per heavy atom. The van der Waals surface area contributed by atoms with E-state index >= 15 is 0 Å². The Hall–Kier alpha value is -2.64. The van der Waals surface area contributed by atoms with E-state index in [-0.39, 0.29) is 11.5 Å². The third-order valence-electron chi connectivity index (χ3n) is 7.03. The first-order chi connectivity index (χ1) is 16.1. The summed E-state index contributed by atoms with van der Waals surface area (Å²) < 4.78 is 8.68. The number of aromatic nitrogens is 2. The number of carbonyl (C=O) groups is 1. The van der Waals surface area contributed by atoms with Crippen LogP contribution in [0.2, 0.25) is 0 Å². The van der Waals surface area contributed by atoms with Gasteiger partial charge in [-0.3, -0.25) is 9.59 Å². The summed E-state index contributed by atoms with van der Waals surface area (Å²) >= 11 is 0. The predicted molar refractivity (Wildman–Crippen MR) is 133 cm³/mol. The van der Waals surface area contributed by atoms with Crippen LogP contribution >= 0.6 is 0 Å². The van der Waals surface area contributed by atoms with Gasteiger partial charge in [-0.15, -0.1) is 0 Å². The Labute approximate surface area is 195 Å². The highest BCUT2D eigenvalue weighted by Gasteiger charge is 2.22. The number of amides is 1. The highest BCUT2D eigenvalue weighted by molar-refractivity contribution is 6.17. The van der Waals surface area contributed by atoms with Crippen molar-refractivity contribution in [1.29, 1.82) is 0 Å². The van der Waals surface area contributed by atoms with Gasteiger partial charge in [-0.2, -0.15) is 0 Å². The molecule has 1 aliphatic rings. The molecule has 1 fully saturated rings. The molecule has 1 amide bonds. The van der Waals surface area contributed by atoms with Crippen molar-refractivity contribution in [2.24, 2.45) is 7.05 Å². The number of pyridine rings is 1. The van der Waals surface area contributed by atoms with Crippen molar-refractivity contribution in [3.05, 3.63) is 46.4 Å².